The Morgan fingerprint density at radius 2 is 1.76 bits per heavy atom. The van der Waals surface area contributed by atoms with Crippen LogP contribution < -0.4 is 10.6 Å². The molecule has 0 atom stereocenters. The van der Waals surface area contributed by atoms with Gasteiger partial charge in [0.15, 0.2) is 0 Å². The van der Waals surface area contributed by atoms with Crippen molar-refractivity contribution in [2.75, 3.05) is 19.4 Å². The molecule has 0 spiro atoms. The van der Waals surface area contributed by atoms with Crippen molar-refractivity contribution in [3.63, 3.8) is 0 Å². The SMILES string of the molecule is CNC=O.CNc1cc(C(F)(F)F)ccc1F. The highest BCUT2D eigenvalue weighted by Gasteiger charge is 2.30. The normalized spacial score (nSPS) is 10.0. The standard InChI is InChI=1S/C8H7F4N.C2H5NO/c1-13-7-4-5(8(10,11)12)2-3-6(7)9;1-3-2-4/h2-4,13H,1H3;2H,1H3,(H,3,4). The molecule has 2 N–H and O–H groups in total. The molecule has 0 heterocycles. The molecule has 1 rings (SSSR count). The molecule has 17 heavy (non-hydrogen) atoms. The molecule has 0 saturated carbocycles. The summed E-state index contributed by atoms with van der Waals surface area (Å²) >= 11 is 0. The number of carbonyl (C=O) groups is 1. The van der Waals surface area contributed by atoms with Gasteiger partial charge in [-0.15, -0.1) is 0 Å². The second-order valence-electron chi connectivity index (χ2n) is 2.85. The Hall–Kier alpha value is -1.79. The number of anilines is 1. The summed E-state index contributed by atoms with van der Waals surface area (Å²) < 4.78 is 49.0. The number of hydrogen-bond donors (Lipinski definition) is 2. The average molecular weight is 252 g/mol. The fourth-order valence-corrected chi connectivity index (χ4v) is 0.893. The van der Waals surface area contributed by atoms with Gasteiger partial charge in [0.25, 0.3) is 0 Å². The highest BCUT2D eigenvalue weighted by molar-refractivity contribution is 5.47. The van der Waals surface area contributed by atoms with E-state index in [0.29, 0.717) is 12.5 Å². The first kappa shape index (κ1) is 15.2. The van der Waals surface area contributed by atoms with Crippen molar-refractivity contribution < 1.29 is 22.4 Å². The fraction of sp³-hybridized carbons (Fsp3) is 0.300. The van der Waals surface area contributed by atoms with E-state index in [-0.39, 0.29) is 5.69 Å². The molecule has 0 bridgehead atoms. The molecule has 0 aliphatic heterocycles. The van der Waals surface area contributed by atoms with Gasteiger partial charge in [-0.25, -0.2) is 4.39 Å². The quantitative estimate of drug-likeness (QED) is 0.626. The summed E-state index contributed by atoms with van der Waals surface area (Å²) in [6.45, 7) is 0. The molecule has 0 saturated heterocycles. The summed E-state index contributed by atoms with van der Waals surface area (Å²) in [6, 6.07) is 2.22. The number of alkyl halides is 3. The molecule has 1 aromatic rings. The van der Waals surface area contributed by atoms with E-state index in [1.54, 1.807) is 7.05 Å². The van der Waals surface area contributed by atoms with E-state index in [4.69, 9.17) is 4.79 Å². The van der Waals surface area contributed by atoms with Gasteiger partial charge < -0.3 is 10.6 Å². The van der Waals surface area contributed by atoms with Crippen molar-refractivity contribution in [1.29, 1.82) is 0 Å². The zero-order valence-electron chi connectivity index (χ0n) is 9.23. The monoisotopic (exact) mass is 252 g/mol. The van der Waals surface area contributed by atoms with Crippen LogP contribution in [-0.2, 0) is 11.0 Å². The van der Waals surface area contributed by atoms with Gasteiger partial charge in [-0.3, -0.25) is 4.79 Å². The maximum Gasteiger partial charge on any atom is 0.416 e. The van der Waals surface area contributed by atoms with Gasteiger partial charge in [-0.1, -0.05) is 0 Å². The Labute approximate surface area is 95.8 Å². The van der Waals surface area contributed by atoms with Crippen LogP contribution in [0.2, 0.25) is 0 Å². The minimum atomic E-state index is -4.43. The van der Waals surface area contributed by atoms with Crippen molar-refractivity contribution in [1.82, 2.24) is 5.32 Å². The Balaban J connectivity index is 0.000000557. The molecule has 0 aromatic heterocycles. The molecular formula is C10H12F4N2O. The third-order valence-electron chi connectivity index (χ3n) is 1.68. The minimum Gasteiger partial charge on any atom is -0.386 e. The van der Waals surface area contributed by atoms with Gasteiger partial charge in [0.05, 0.1) is 11.3 Å². The number of amides is 1. The number of hydrogen-bond acceptors (Lipinski definition) is 2. The first-order valence-corrected chi connectivity index (χ1v) is 4.52. The summed E-state index contributed by atoms with van der Waals surface area (Å²) in [7, 11) is 2.92. The predicted octanol–water partition coefficient (Wildman–Crippen LogP) is 2.25. The minimum absolute atomic E-state index is 0.158. The summed E-state index contributed by atoms with van der Waals surface area (Å²) in [4.78, 5) is 9.06. The first-order chi connectivity index (χ1) is 7.86. The van der Waals surface area contributed by atoms with E-state index in [9.17, 15) is 17.6 Å². The lowest BCUT2D eigenvalue weighted by molar-refractivity contribution is -0.137. The van der Waals surface area contributed by atoms with Gasteiger partial charge >= 0.3 is 6.18 Å². The Morgan fingerprint density at radius 1 is 1.24 bits per heavy atom. The van der Waals surface area contributed by atoms with Crippen LogP contribution in [0, 0.1) is 5.82 Å². The summed E-state index contributed by atoms with van der Waals surface area (Å²) in [6.07, 6.45) is -3.81. The van der Waals surface area contributed by atoms with Crippen molar-refractivity contribution in [2.45, 2.75) is 6.18 Å². The van der Waals surface area contributed by atoms with Crippen LogP contribution in [0.25, 0.3) is 0 Å². The molecular weight excluding hydrogens is 240 g/mol. The number of carbonyl (C=O) groups excluding carboxylic acids is 1. The summed E-state index contributed by atoms with van der Waals surface area (Å²) in [5, 5.41) is 4.58. The number of rotatable bonds is 2. The molecule has 0 aliphatic rings. The summed E-state index contributed by atoms with van der Waals surface area (Å²) in [5.41, 5.74) is -1.02. The third-order valence-corrected chi connectivity index (χ3v) is 1.68. The lowest BCUT2D eigenvalue weighted by Crippen LogP contribution is -2.06. The maximum absolute atomic E-state index is 12.7. The van der Waals surface area contributed by atoms with Gasteiger partial charge in [0.2, 0.25) is 6.41 Å². The molecule has 0 unspecified atom stereocenters. The van der Waals surface area contributed by atoms with Gasteiger partial charge in [-0.2, -0.15) is 13.2 Å². The lowest BCUT2D eigenvalue weighted by atomic mass is 10.2. The van der Waals surface area contributed by atoms with Crippen LogP contribution >= 0.6 is 0 Å². The Kier molecular flexibility index (Phi) is 6.01. The second-order valence-corrected chi connectivity index (χ2v) is 2.85. The maximum atomic E-state index is 12.7. The predicted molar refractivity (Wildman–Crippen MR) is 56.1 cm³/mol. The van der Waals surface area contributed by atoms with Crippen LogP contribution in [-0.4, -0.2) is 20.5 Å². The van der Waals surface area contributed by atoms with Crippen molar-refractivity contribution in [3.05, 3.63) is 29.6 Å². The largest absolute Gasteiger partial charge is 0.416 e. The van der Waals surface area contributed by atoms with E-state index in [0.717, 1.165) is 12.1 Å². The molecule has 3 nitrogen and oxygen atoms in total. The van der Waals surface area contributed by atoms with Crippen molar-refractivity contribution >= 4 is 12.1 Å². The first-order valence-electron chi connectivity index (χ1n) is 4.52. The molecule has 0 radical (unpaired) electrons. The molecule has 1 aromatic carbocycles. The lowest BCUT2D eigenvalue weighted by Gasteiger charge is -2.08. The summed E-state index contributed by atoms with van der Waals surface area (Å²) in [5.74, 6) is -0.699. The topological polar surface area (TPSA) is 41.1 Å². The van der Waals surface area contributed by atoms with Crippen molar-refractivity contribution in [3.8, 4) is 0 Å². The Bertz CT molecular complexity index is 366. The van der Waals surface area contributed by atoms with Crippen LogP contribution in [0.15, 0.2) is 18.2 Å². The second kappa shape index (κ2) is 6.72. The van der Waals surface area contributed by atoms with E-state index in [1.165, 1.54) is 7.05 Å². The smallest absolute Gasteiger partial charge is 0.386 e. The third kappa shape index (κ3) is 5.19. The molecule has 7 heteroatoms. The average Bonchev–Trinajstić information content (AvgIpc) is 2.28. The fourth-order valence-electron chi connectivity index (χ4n) is 0.893. The zero-order chi connectivity index (χ0) is 13.5. The van der Waals surface area contributed by atoms with Gasteiger partial charge in [0.1, 0.15) is 5.82 Å². The van der Waals surface area contributed by atoms with Crippen LogP contribution in [0.3, 0.4) is 0 Å². The van der Waals surface area contributed by atoms with E-state index in [2.05, 4.69) is 10.6 Å². The molecule has 0 fully saturated rings. The van der Waals surface area contributed by atoms with E-state index >= 15 is 0 Å². The molecule has 96 valence electrons. The van der Waals surface area contributed by atoms with E-state index in [1.807, 2.05) is 0 Å². The van der Waals surface area contributed by atoms with Gasteiger partial charge in [0, 0.05) is 14.1 Å². The number of benzene rings is 1. The highest BCUT2D eigenvalue weighted by atomic mass is 19.4. The van der Waals surface area contributed by atoms with Crippen LogP contribution in [0.5, 0.6) is 0 Å². The van der Waals surface area contributed by atoms with E-state index < -0.39 is 17.6 Å². The molecule has 1 amide bonds. The van der Waals surface area contributed by atoms with Crippen molar-refractivity contribution in [2.24, 2.45) is 0 Å². The van der Waals surface area contributed by atoms with Crippen LogP contribution in [0.4, 0.5) is 23.2 Å². The zero-order valence-corrected chi connectivity index (χ0v) is 9.23. The Morgan fingerprint density at radius 3 is 2.12 bits per heavy atom. The van der Waals surface area contributed by atoms with Crippen LogP contribution in [0.1, 0.15) is 5.56 Å². The van der Waals surface area contributed by atoms with Gasteiger partial charge in [-0.05, 0) is 18.2 Å². The number of nitrogens with one attached hydrogen (secondary N) is 2. The highest BCUT2D eigenvalue weighted by Crippen LogP contribution is 2.31. The number of halogens is 4. The molecule has 0 aliphatic carbocycles.